The minimum Gasteiger partial charge on any atom is -1.00 e. The van der Waals surface area contributed by atoms with E-state index in [4.69, 9.17) is 0 Å². The van der Waals surface area contributed by atoms with Gasteiger partial charge in [-0.2, -0.15) is 5.26 Å². The summed E-state index contributed by atoms with van der Waals surface area (Å²) in [6.07, 6.45) is 0.664. The number of nitrogens with zero attached hydrogens (tertiary/aromatic N) is 2. The van der Waals surface area contributed by atoms with Crippen molar-refractivity contribution in [3.63, 3.8) is 0 Å². The normalized spacial score (nSPS) is 10.6. The van der Waals surface area contributed by atoms with Gasteiger partial charge in [0.05, 0.1) is 11.1 Å². The number of rotatable bonds is 6. The van der Waals surface area contributed by atoms with E-state index in [1.165, 1.54) is 22.0 Å². The zero-order valence-corrected chi connectivity index (χ0v) is 19.6. The van der Waals surface area contributed by atoms with Gasteiger partial charge in [0, 0.05) is 6.07 Å². The quantitative estimate of drug-likeness (QED) is 0.230. The zero-order chi connectivity index (χ0) is 21.7. The summed E-state index contributed by atoms with van der Waals surface area (Å²) in [6, 6.07) is 38.1. The number of hydrogen-bond donors (Lipinski definition) is 0. The van der Waals surface area contributed by atoms with Crippen LogP contribution in [0.3, 0.4) is 0 Å². The highest BCUT2D eigenvalue weighted by Gasteiger charge is 2.45. The van der Waals surface area contributed by atoms with Crippen LogP contribution in [0.5, 0.6) is 0 Å². The first-order chi connectivity index (χ1) is 15.1. The van der Waals surface area contributed by atoms with Crippen molar-refractivity contribution < 1.29 is 21.9 Å². The SMILES string of the molecule is N#Cc1cc(C[P+](c2ccccc2)(c2ccccc2)c2ccccc2)ccc1[N+](=O)[O-].[Br-]. The molecule has 4 aromatic rings. The van der Waals surface area contributed by atoms with Gasteiger partial charge in [0.2, 0.25) is 0 Å². The third kappa shape index (κ3) is 4.48. The van der Waals surface area contributed by atoms with Gasteiger partial charge in [0.25, 0.3) is 5.69 Å². The fraction of sp³-hybridized carbons (Fsp3) is 0.0385. The van der Waals surface area contributed by atoms with Crippen molar-refractivity contribution in [2.75, 3.05) is 0 Å². The molecule has 0 radical (unpaired) electrons. The monoisotopic (exact) mass is 502 g/mol. The van der Waals surface area contributed by atoms with E-state index in [-0.39, 0.29) is 28.2 Å². The standard InChI is InChI=1S/C26H20N2O2P.BrH/c27-19-22-18-21(16-17-26(22)28(29)30)20-31(23-10-4-1-5-11-23,24-12-6-2-7-13-24)25-14-8-3-9-15-25;/h1-18H,20H2;1H/q+1;/p-1. The van der Waals surface area contributed by atoms with Crippen LogP contribution in [0.1, 0.15) is 11.1 Å². The van der Waals surface area contributed by atoms with E-state index in [2.05, 4.69) is 36.4 Å². The number of nitro benzene ring substituents is 1. The Balaban J connectivity index is 0.00000289. The maximum atomic E-state index is 11.3. The van der Waals surface area contributed by atoms with Crippen LogP contribution in [-0.2, 0) is 6.16 Å². The minimum atomic E-state index is -2.12. The van der Waals surface area contributed by atoms with Gasteiger partial charge in [0.1, 0.15) is 34.8 Å². The highest BCUT2D eigenvalue weighted by molar-refractivity contribution is 7.95. The molecule has 4 rings (SSSR count). The van der Waals surface area contributed by atoms with Crippen LogP contribution in [0, 0.1) is 21.4 Å². The molecular weight excluding hydrogens is 483 g/mol. The zero-order valence-electron chi connectivity index (χ0n) is 17.1. The lowest BCUT2D eigenvalue weighted by Gasteiger charge is -2.27. The summed E-state index contributed by atoms with van der Waals surface area (Å²) in [6.45, 7) is 0. The van der Waals surface area contributed by atoms with Crippen molar-refractivity contribution in [2.45, 2.75) is 6.16 Å². The topological polar surface area (TPSA) is 66.9 Å². The van der Waals surface area contributed by atoms with E-state index in [1.54, 1.807) is 12.1 Å². The van der Waals surface area contributed by atoms with Gasteiger partial charge in [0.15, 0.2) is 0 Å². The maximum Gasteiger partial charge on any atom is 0.287 e. The molecule has 32 heavy (non-hydrogen) atoms. The van der Waals surface area contributed by atoms with Crippen molar-refractivity contribution >= 4 is 28.9 Å². The Bertz CT molecular complexity index is 1150. The Labute approximate surface area is 198 Å². The third-order valence-electron chi connectivity index (χ3n) is 5.39. The van der Waals surface area contributed by atoms with E-state index in [0.717, 1.165) is 5.56 Å². The molecule has 158 valence electrons. The van der Waals surface area contributed by atoms with E-state index < -0.39 is 12.2 Å². The molecule has 0 atom stereocenters. The van der Waals surface area contributed by atoms with Gasteiger partial charge in [-0.15, -0.1) is 0 Å². The molecule has 0 aliphatic heterocycles. The number of nitriles is 1. The third-order valence-corrected chi connectivity index (χ3v) is 9.77. The van der Waals surface area contributed by atoms with Gasteiger partial charge in [-0.3, -0.25) is 10.1 Å². The smallest absolute Gasteiger partial charge is 0.287 e. The molecule has 6 heteroatoms. The van der Waals surface area contributed by atoms with Gasteiger partial charge in [-0.05, 0) is 54.1 Å². The summed E-state index contributed by atoms with van der Waals surface area (Å²) in [7, 11) is -2.12. The number of hydrogen-bond acceptors (Lipinski definition) is 3. The van der Waals surface area contributed by atoms with Gasteiger partial charge < -0.3 is 17.0 Å². The van der Waals surface area contributed by atoms with E-state index in [1.807, 2.05) is 60.7 Å². The van der Waals surface area contributed by atoms with E-state index >= 15 is 0 Å². The summed E-state index contributed by atoms with van der Waals surface area (Å²) >= 11 is 0. The van der Waals surface area contributed by atoms with Crippen LogP contribution in [0.15, 0.2) is 109 Å². The lowest BCUT2D eigenvalue weighted by atomic mass is 10.1. The molecule has 0 unspecified atom stereocenters. The minimum absolute atomic E-state index is 0. The predicted molar refractivity (Wildman–Crippen MR) is 127 cm³/mol. The molecule has 4 nitrogen and oxygen atoms in total. The molecule has 0 fully saturated rings. The highest BCUT2D eigenvalue weighted by Crippen LogP contribution is 2.58. The van der Waals surface area contributed by atoms with Gasteiger partial charge >= 0.3 is 0 Å². The van der Waals surface area contributed by atoms with Crippen molar-refractivity contribution in [2.24, 2.45) is 0 Å². The van der Waals surface area contributed by atoms with E-state index in [0.29, 0.717) is 6.16 Å². The van der Waals surface area contributed by atoms with Crippen LogP contribution in [0.25, 0.3) is 0 Å². The second-order valence-corrected chi connectivity index (χ2v) is 10.7. The fourth-order valence-electron chi connectivity index (χ4n) is 3.97. The highest BCUT2D eigenvalue weighted by atomic mass is 79.9. The molecule has 0 saturated heterocycles. The van der Waals surface area contributed by atoms with Crippen molar-refractivity contribution in [1.29, 1.82) is 5.26 Å². The first-order valence-electron chi connectivity index (χ1n) is 9.87. The number of benzene rings is 4. The Morgan fingerprint density at radius 1 is 0.750 bits per heavy atom. The number of nitro groups is 1. The molecule has 0 saturated carbocycles. The molecule has 0 aliphatic carbocycles. The van der Waals surface area contributed by atoms with Gasteiger partial charge in [-0.25, -0.2) is 0 Å². The van der Waals surface area contributed by atoms with Crippen molar-refractivity contribution in [3.8, 4) is 6.07 Å². The van der Waals surface area contributed by atoms with E-state index in [9.17, 15) is 15.4 Å². The summed E-state index contributed by atoms with van der Waals surface area (Å²) in [5.41, 5.74) is 0.844. The second kappa shape index (κ2) is 10.3. The lowest BCUT2D eigenvalue weighted by Crippen LogP contribution is -3.00. The average Bonchev–Trinajstić information content (AvgIpc) is 2.84. The van der Waals surface area contributed by atoms with Crippen molar-refractivity contribution in [1.82, 2.24) is 0 Å². The number of halogens is 1. The lowest BCUT2D eigenvalue weighted by molar-refractivity contribution is -0.385. The van der Waals surface area contributed by atoms with Crippen LogP contribution >= 0.6 is 7.26 Å². The summed E-state index contributed by atoms with van der Waals surface area (Å²) < 4.78 is 0. The second-order valence-electron chi connectivity index (χ2n) is 7.19. The van der Waals surface area contributed by atoms with Crippen LogP contribution < -0.4 is 32.9 Å². The molecule has 0 aromatic heterocycles. The molecule has 0 amide bonds. The van der Waals surface area contributed by atoms with Crippen molar-refractivity contribution in [3.05, 3.63) is 130 Å². The van der Waals surface area contributed by atoms with Gasteiger partial charge in [-0.1, -0.05) is 54.6 Å². The average molecular weight is 503 g/mol. The largest absolute Gasteiger partial charge is 1.00 e. The van der Waals surface area contributed by atoms with Crippen LogP contribution in [0.2, 0.25) is 0 Å². The Kier molecular flexibility index (Phi) is 7.53. The molecule has 4 aromatic carbocycles. The van der Waals surface area contributed by atoms with Crippen LogP contribution in [-0.4, -0.2) is 4.92 Å². The Morgan fingerprint density at radius 3 is 1.56 bits per heavy atom. The van der Waals surface area contributed by atoms with Crippen LogP contribution in [0.4, 0.5) is 5.69 Å². The predicted octanol–water partition coefficient (Wildman–Crippen LogP) is 1.96. The fourth-order valence-corrected chi connectivity index (χ4v) is 8.20. The molecule has 0 bridgehead atoms. The molecular formula is C26H20BrN2O2P. The molecule has 0 spiro atoms. The summed E-state index contributed by atoms with van der Waals surface area (Å²) in [4.78, 5) is 10.8. The summed E-state index contributed by atoms with van der Waals surface area (Å²) in [5.74, 6) is 0. The maximum absolute atomic E-state index is 11.3. The summed E-state index contributed by atoms with van der Waals surface area (Å²) in [5, 5.41) is 24.5. The Morgan fingerprint density at radius 2 is 1.19 bits per heavy atom. The Hall–Kier alpha value is -3.32. The molecule has 0 aliphatic rings. The first-order valence-corrected chi connectivity index (χ1v) is 11.8. The molecule has 0 heterocycles. The first kappa shape index (κ1) is 23.3. The molecule has 0 N–H and O–H groups in total.